The number of benzene rings is 1. The van der Waals surface area contributed by atoms with Gasteiger partial charge in [0.05, 0.1) is 12.8 Å². The van der Waals surface area contributed by atoms with Crippen LogP contribution < -0.4 is 14.8 Å². The topological polar surface area (TPSA) is 46.3 Å². The molecule has 2 N–H and O–H groups in total. The third kappa shape index (κ3) is 1.26. The quantitative estimate of drug-likeness (QED) is 0.851. The molecule has 1 saturated heterocycles. The van der Waals surface area contributed by atoms with Crippen LogP contribution in [0.5, 0.6) is 11.5 Å². The van der Waals surface area contributed by atoms with Gasteiger partial charge in [-0.15, -0.1) is 0 Å². The fraction of sp³-hybridized carbons (Fsp3) is 0.474. The highest BCUT2D eigenvalue weighted by atomic mass is 16.5. The number of hydrogen-bond acceptors (Lipinski definition) is 3. The van der Waals surface area contributed by atoms with E-state index in [0.717, 1.165) is 37.3 Å². The summed E-state index contributed by atoms with van der Waals surface area (Å²) in [6.07, 6.45) is 5.58. The number of ether oxygens (including phenoxy) is 2. The predicted molar refractivity (Wildman–Crippen MR) is 86.1 cm³/mol. The number of fused-ring (bicyclic) bond motifs is 2. The van der Waals surface area contributed by atoms with Crippen molar-refractivity contribution >= 4 is 0 Å². The summed E-state index contributed by atoms with van der Waals surface area (Å²) in [6.45, 7) is 1.08. The fourth-order valence-corrected chi connectivity index (χ4v) is 5.87. The number of hydrogen-bond donors (Lipinski definition) is 2. The number of piperidine rings is 1. The molecule has 6 rings (SSSR count). The summed E-state index contributed by atoms with van der Waals surface area (Å²) in [5.74, 6) is 2.50. The van der Waals surface area contributed by atoms with Gasteiger partial charge in [-0.2, -0.15) is 0 Å². The van der Waals surface area contributed by atoms with Gasteiger partial charge in [0.25, 0.3) is 0 Å². The molecule has 1 spiro atoms. The van der Waals surface area contributed by atoms with Crippen LogP contribution in [0.3, 0.4) is 0 Å². The minimum Gasteiger partial charge on any atom is -0.493 e. The third-order valence-corrected chi connectivity index (χ3v) is 6.70. The molecule has 1 fully saturated rings. The lowest BCUT2D eigenvalue weighted by molar-refractivity contribution is 0.0258. The van der Waals surface area contributed by atoms with Crippen molar-refractivity contribution in [2.75, 3.05) is 13.7 Å². The minimum absolute atomic E-state index is 0.112. The Labute approximate surface area is 135 Å². The average Bonchev–Trinajstić information content (AvgIpc) is 3.14. The molecule has 1 aromatic carbocycles. The van der Waals surface area contributed by atoms with Gasteiger partial charge >= 0.3 is 0 Å². The Morgan fingerprint density at radius 3 is 3.09 bits per heavy atom. The van der Waals surface area contributed by atoms with E-state index in [0.29, 0.717) is 12.0 Å². The van der Waals surface area contributed by atoms with E-state index < -0.39 is 0 Å². The molecule has 23 heavy (non-hydrogen) atoms. The van der Waals surface area contributed by atoms with Crippen LogP contribution in [0.15, 0.2) is 24.4 Å². The highest BCUT2D eigenvalue weighted by Gasteiger charge is 2.63. The molecule has 4 atom stereocenters. The van der Waals surface area contributed by atoms with Gasteiger partial charge in [0.1, 0.15) is 6.10 Å². The molecule has 1 aromatic heterocycles. The van der Waals surface area contributed by atoms with Gasteiger partial charge in [0, 0.05) is 23.2 Å². The Morgan fingerprint density at radius 2 is 2.17 bits per heavy atom. The molecule has 4 heteroatoms. The van der Waals surface area contributed by atoms with E-state index in [-0.39, 0.29) is 11.5 Å². The van der Waals surface area contributed by atoms with Crippen LogP contribution in [0, 0.1) is 5.92 Å². The van der Waals surface area contributed by atoms with Crippen molar-refractivity contribution in [3.63, 3.8) is 0 Å². The van der Waals surface area contributed by atoms with Crippen LogP contribution in [0.1, 0.15) is 34.9 Å². The SMILES string of the molecule is COc1ccc2c3c1OC1c4[nH]ccc4CC4C(C2)NCCC314. The standard InChI is InChI=1S/C19H20N2O2/c1-22-14-3-2-10-9-13-12-8-11-4-6-21-16(11)18-19(12,5-7-20-13)15(10)17(14)23-18/h2-4,6,12-13,18,20-21H,5,7-9H2,1H3. The van der Waals surface area contributed by atoms with Crippen LogP contribution in [-0.4, -0.2) is 24.7 Å². The summed E-state index contributed by atoms with van der Waals surface area (Å²) in [5, 5.41) is 3.78. The summed E-state index contributed by atoms with van der Waals surface area (Å²) in [7, 11) is 1.74. The molecule has 0 amide bonds. The number of aromatic nitrogens is 1. The number of nitrogens with one attached hydrogen (secondary N) is 2. The first kappa shape index (κ1) is 12.5. The Bertz CT molecular complexity index is 827. The molecule has 0 radical (unpaired) electrons. The first-order valence-corrected chi connectivity index (χ1v) is 8.59. The van der Waals surface area contributed by atoms with Crippen molar-refractivity contribution in [3.8, 4) is 11.5 Å². The van der Waals surface area contributed by atoms with Gasteiger partial charge in [0.15, 0.2) is 11.5 Å². The Balaban J connectivity index is 1.70. The van der Waals surface area contributed by atoms with Crippen LogP contribution in [0.2, 0.25) is 0 Å². The van der Waals surface area contributed by atoms with E-state index in [1.165, 1.54) is 22.4 Å². The molecular weight excluding hydrogens is 288 g/mol. The van der Waals surface area contributed by atoms with E-state index in [1.807, 2.05) is 0 Å². The van der Waals surface area contributed by atoms with Crippen LogP contribution >= 0.6 is 0 Å². The largest absolute Gasteiger partial charge is 0.493 e. The number of H-pyrrole nitrogens is 1. The number of aromatic amines is 1. The number of methoxy groups -OCH3 is 1. The first-order valence-electron chi connectivity index (χ1n) is 8.59. The van der Waals surface area contributed by atoms with Crippen LogP contribution in [-0.2, 0) is 18.3 Å². The molecule has 2 aliphatic heterocycles. The highest BCUT2D eigenvalue weighted by Crippen LogP contribution is 2.66. The Hall–Kier alpha value is -1.94. The van der Waals surface area contributed by atoms with E-state index in [2.05, 4.69) is 34.7 Å². The fourth-order valence-electron chi connectivity index (χ4n) is 5.87. The summed E-state index contributed by atoms with van der Waals surface area (Å²) in [6, 6.07) is 7.13. The Morgan fingerprint density at radius 1 is 1.22 bits per heavy atom. The average molecular weight is 308 g/mol. The maximum Gasteiger partial charge on any atom is 0.166 e. The first-order chi connectivity index (χ1) is 11.3. The molecular formula is C19H20N2O2. The van der Waals surface area contributed by atoms with Gasteiger partial charge in [-0.25, -0.2) is 0 Å². The van der Waals surface area contributed by atoms with E-state index in [9.17, 15) is 0 Å². The van der Waals surface area contributed by atoms with Crippen molar-refractivity contribution in [1.82, 2.24) is 10.3 Å². The maximum atomic E-state index is 6.60. The molecule has 4 aliphatic rings. The van der Waals surface area contributed by atoms with E-state index in [1.54, 1.807) is 7.11 Å². The van der Waals surface area contributed by atoms with E-state index >= 15 is 0 Å². The highest BCUT2D eigenvalue weighted by molar-refractivity contribution is 5.62. The zero-order valence-electron chi connectivity index (χ0n) is 13.2. The Kier molecular flexibility index (Phi) is 2.13. The molecule has 3 heterocycles. The lowest BCUT2D eigenvalue weighted by Gasteiger charge is -2.54. The minimum atomic E-state index is 0.112. The summed E-state index contributed by atoms with van der Waals surface area (Å²) in [5.41, 5.74) is 5.73. The zero-order chi connectivity index (χ0) is 15.2. The predicted octanol–water partition coefficient (Wildman–Crippen LogP) is 2.49. The molecule has 4 unspecified atom stereocenters. The second-order valence-electron chi connectivity index (χ2n) is 7.41. The molecule has 4 nitrogen and oxygen atoms in total. The van der Waals surface area contributed by atoms with Gasteiger partial charge < -0.3 is 19.8 Å². The smallest absolute Gasteiger partial charge is 0.166 e. The summed E-state index contributed by atoms with van der Waals surface area (Å²) in [4.78, 5) is 3.48. The van der Waals surface area contributed by atoms with Crippen molar-refractivity contribution in [3.05, 3.63) is 46.8 Å². The summed E-state index contributed by atoms with van der Waals surface area (Å²) < 4.78 is 12.2. The molecule has 2 bridgehead atoms. The van der Waals surface area contributed by atoms with E-state index in [4.69, 9.17) is 9.47 Å². The second-order valence-corrected chi connectivity index (χ2v) is 7.41. The monoisotopic (exact) mass is 308 g/mol. The zero-order valence-corrected chi connectivity index (χ0v) is 13.2. The van der Waals surface area contributed by atoms with Gasteiger partial charge in [-0.3, -0.25) is 0 Å². The molecule has 0 saturated carbocycles. The molecule has 2 aliphatic carbocycles. The van der Waals surface area contributed by atoms with Crippen LogP contribution in [0.4, 0.5) is 0 Å². The second kappa shape index (κ2) is 3.93. The van der Waals surface area contributed by atoms with Crippen molar-refractivity contribution in [2.45, 2.75) is 36.8 Å². The van der Waals surface area contributed by atoms with Crippen LogP contribution in [0.25, 0.3) is 0 Å². The number of rotatable bonds is 1. The van der Waals surface area contributed by atoms with Crippen molar-refractivity contribution < 1.29 is 9.47 Å². The molecule has 2 aromatic rings. The van der Waals surface area contributed by atoms with Gasteiger partial charge in [-0.05, 0) is 55.0 Å². The normalized spacial score (nSPS) is 35.3. The van der Waals surface area contributed by atoms with Gasteiger partial charge in [-0.1, -0.05) is 6.07 Å². The van der Waals surface area contributed by atoms with Crippen molar-refractivity contribution in [2.24, 2.45) is 5.92 Å². The third-order valence-electron chi connectivity index (χ3n) is 6.70. The summed E-state index contributed by atoms with van der Waals surface area (Å²) >= 11 is 0. The molecule has 118 valence electrons. The van der Waals surface area contributed by atoms with Gasteiger partial charge in [0.2, 0.25) is 0 Å². The van der Waals surface area contributed by atoms with Crippen molar-refractivity contribution in [1.29, 1.82) is 0 Å². The lowest BCUT2D eigenvalue weighted by Crippen LogP contribution is -2.61. The lowest BCUT2D eigenvalue weighted by atomic mass is 9.52. The maximum absolute atomic E-state index is 6.60.